The van der Waals surface area contributed by atoms with Gasteiger partial charge < -0.3 is 4.42 Å². The minimum atomic E-state index is -0.352. The number of carbonyl (C=O) groups is 1. The lowest BCUT2D eigenvalue weighted by Gasteiger charge is -2.15. The first-order valence-electron chi connectivity index (χ1n) is 7.09. The molecule has 0 aliphatic carbocycles. The fraction of sp³-hybridized carbons (Fsp3) is 0.188. The van der Waals surface area contributed by atoms with Gasteiger partial charge in [-0.1, -0.05) is 18.7 Å². The third-order valence-electron chi connectivity index (χ3n) is 3.26. The van der Waals surface area contributed by atoms with Crippen LogP contribution in [0.3, 0.4) is 0 Å². The molecule has 2 heterocycles. The van der Waals surface area contributed by atoms with Crippen molar-refractivity contribution in [1.82, 2.24) is 0 Å². The minimum absolute atomic E-state index is 0.0731. The van der Waals surface area contributed by atoms with Crippen LogP contribution in [-0.2, 0) is 4.79 Å². The molecule has 1 fully saturated rings. The minimum Gasteiger partial charge on any atom is -0.463 e. The highest BCUT2D eigenvalue weighted by atomic mass is 32.2. The number of anilines is 1. The Hall–Kier alpha value is -2.41. The van der Waals surface area contributed by atoms with E-state index >= 15 is 0 Å². The van der Waals surface area contributed by atoms with Crippen LogP contribution < -0.4 is 4.90 Å². The lowest BCUT2D eigenvalue weighted by molar-refractivity contribution is -0.116. The summed E-state index contributed by atoms with van der Waals surface area (Å²) < 4.78 is 18.2. The summed E-state index contributed by atoms with van der Waals surface area (Å²) in [4.78, 5) is 14.0. The number of furan rings is 1. The van der Waals surface area contributed by atoms with Crippen molar-refractivity contribution in [2.75, 3.05) is 4.90 Å². The third-order valence-corrected chi connectivity index (χ3v) is 4.56. The van der Waals surface area contributed by atoms with Gasteiger partial charge in [0.05, 0.1) is 23.4 Å². The van der Waals surface area contributed by atoms with Crippen molar-refractivity contribution in [2.45, 2.75) is 18.6 Å². The van der Waals surface area contributed by atoms with E-state index in [2.05, 4.69) is 10.2 Å². The van der Waals surface area contributed by atoms with Gasteiger partial charge in [-0.25, -0.2) is 4.39 Å². The molecule has 3 rings (SSSR count). The molecule has 1 amide bonds. The molecule has 1 aliphatic rings. The van der Waals surface area contributed by atoms with E-state index in [-0.39, 0.29) is 17.0 Å². The van der Waals surface area contributed by atoms with Crippen molar-refractivity contribution in [2.24, 2.45) is 10.2 Å². The Morgan fingerprint density at radius 2 is 2.13 bits per heavy atom. The molecule has 1 aromatic carbocycles. The average molecular weight is 331 g/mol. The first-order valence-corrected chi connectivity index (χ1v) is 7.97. The van der Waals surface area contributed by atoms with Gasteiger partial charge in [-0.15, -0.1) is 5.10 Å². The summed E-state index contributed by atoms with van der Waals surface area (Å²) in [5.74, 6) is 0.148. The number of carbonyl (C=O) groups excluding carboxylic acids is 1. The Labute approximate surface area is 136 Å². The predicted molar refractivity (Wildman–Crippen MR) is 89.3 cm³/mol. The Bertz CT molecular complexity index is 741. The van der Waals surface area contributed by atoms with Crippen LogP contribution in [0.15, 0.2) is 57.3 Å². The smallest absolute Gasteiger partial charge is 0.246 e. The summed E-state index contributed by atoms with van der Waals surface area (Å²) >= 11 is 1.35. The van der Waals surface area contributed by atoms with Crippen LogP contribution in [0.1, 0.15) is 19.1 Å². The molecule has 1 saturated heterocycles. The second kappa shape index (κ2) is 6.78. The van der Waals surface area contributed by atoms with Crippen LogP contribution in [0, 0.1) is 5.82 Å². The highest BCUT2D eigenvalue weighted by Gasteiger charge is 2.38. The topological polar surface area (TPSA) is 58.2 Å². The number of amidine groups is 1. The molecule has 2 aromatic rings. The van der Waals surface area contributed by atoms with Crippen LogP contribution in [-0.4, -0.2) is 22.5 Å². The van der Waals surface area contributed by atoms with Gasteiger partial charge in [0.15, 0.2) is 5.17 Å². The van der Waals surface area contributed by atoms with Crippen LogP contribution in [0.5, 0.6) is 0 Å². The fourth-order valence-corrected chi connectivity index (χ4v) is 3.15. The van der Waals surface area contributed by atoms with E-state index in [1.54, 1.807) is 30.5 Å². The van der Waals surface area contributed by atoms with Crippen molar-refractivity contribution in [3.63, 3.8) is 0 Å². The number of benzene rings is 1. The maximum atomic E-state index is 13.1. The van der Waals surface area contributed by atoms with Gasteiger partial charge >= 0.3 is 0 Å². The molecule has 1 atom stereocenters. The maximum absolute atomic E-state index is 13.1. The molecule has 1 aromatic heterocycles. The number of halogens is 1. The fourth-order valence-electron chi connectivity index (χ4n) is 2.12. The summed E-state index contributed by atoms with van der Waals surface area (Å²) in [6, 6.07) is 9.24. The summed E-state index contributed by atoms with van der Waals surface area (Å²) in [6.45, 7) is 1.94. The Balaban J connectivity index is 1.89. The zero-order valence-electron chi connectivity index (χ0n) is 12.3. The number of nitrogens with zero attached hydrogens (tertiary/aromatic N) is 3. The van der Waals surface area contributed by atoms with Crippen LogP contribution in [0.4, 0.5) is 10.1 Å². The summed E-state index contributed by atoms with van der Waals surface area (Å²) in [5.41, 5.74) is 0.576. The van der Waals surface area contributed by atoms with E-state index < -0.39 is 0 Å². The largest absolute Gasteiger partial charge is 0.463 e. The van der Waals surface area contributed by atoms with Crippen LogP contribution >= 0.6 is 11.8 Å². The molecule has 23 heavy (non-hydrogen) atoms. The average Bonchev–Trinajstić information content (AvgIpc) is 3.17. The number of hydrogen-bond donors (Lipinski definition) is 0. The first kappa shape index (κ1) is 15.5. The van der Waals surface area contributed by atoms with E-state index in [4.69, 9.17) is 4.42 Å². The van der Waals surface area contributed by atoms with Gasteiger partial charge in [-0.2, -0.15) is 5.10 Å². The molecule has 7 heteroatoms. The van der Waals surface area contributed by atoms with Gasteiger partial charge in [-0.05, 0) is 42.8 Å². The monoisotopic (exact) mass is 331 g/mol. The molecule has 0 N–H and O–H groups in total. The lowest BCUT2D eigenvalue weighted by atomic mass is 10.2. The van der Waals surface area contributed by atoms with E-state index in [0.29, 0.717) is 23.0 Å². The Morgan fingerprint density at radius 1 is 1.35 bits per heavy atom. The van der Waals surface area contributed by atoms with Crippen molar-refractivity contribution in [3.8, 4) is 0 Å². The molecule has 118 valence electrons. The summed E-state index contributed by atoms with van der Waals surface area (Å²) in [5, 5.41) is 8.36. The van der Waals surface area contributed by atoms with Crippen molar-refractivity contribution < 1.29 is 13.6 Å². The zero-order valence-corrected chi connectivity index (χ0v) is 13.2. The standard InChI is InChI=1S/C16H14FN3O2S/c1-2-14-15(21)20(12-7-5-11(17)6-8-12)16(23-14)19-18-10-13-4-3-9-22-13/h3-10,14H,2H2,1H3/b18-10+,19-16-. The van der Waals surface area contributed by atoms with E-state index in [9.17, 15) is 9.18 Å². The summed E-state index contributed by atoms with van der Waals surface area (Å²) in [7, 11) is 0. The van der Waals surface area contributed by atoms with E-state index in [1.807, 2.05) is 6.92 Å². The molecular weight excluding hydrogens is 317 g/mol. The molecule has 5 nitrogen and oxygen atoms in total. The predicted octanol–water partition coefficient (Wildman–Crippen LogP) is 3.67. The highest BCUT2D eigenvalue weighted by Crippen LogP contribution is 2.33. The Kier molecular flexibility index (Phi) is 4.57. The molecular formula is C16H14FN3O2S. The van der Waals surface area contributed by atoms with Crippen molar-refractivity contribution >= 4 is 34.7 Å². The second-order valence-electron chi connectivity index (χ2n) is 4.81. The van der Waals surface area contributed by atoms with Gasteiger partial charge in [0.2, 0.25) is 5.91 Å². The number of hydrogen-bond acceptors (Lipinski definition) is 5. The lowest BCUT2D eigenvalue weighted by Crippen LogP contribution is -2.31. The second-order valence-corrected chi connectivity index (χ2v) is 5.98. The number of rotatable bonds is 4. The maximum Gasteiger partial charge on any atom is 0.246 e. The number of thioether (sulfide) groups is 1. The van der Waals surface area contributed by atoms with Gasteiger partial charge in [-0.3, -0.25) is 9.69 Å². The van der Waals surface area contributed by atoms with Gasteiger partial charge in [0, 0.05) is 0 Å². The van der Waals surface area contributed by atoms with Crippen molar-refractivity contribution in [3.05, 3.63) is 54.2 Å². The molecule has 0 bridgehead atoms. The number of amides is 1. The quantitative estimate of drug-likeness (QED) is 0.634. The van der Waals surface area contributed by atoms with Gasteiger partial charge in [0.25, 0.3) is 0 Å². The molecule has 1 aliphatic heterocycles. The van der Waals surface area contributed by atoms with Crippen LogP contribution in [0.2, 0.25) is 0 Å². The zero-order chi connectivity index (χ0) is 16.2. The first-order chi connectivity index (χ1) is 11.2. The van der Waals surface area contributed by atoms with Crippen molar-refractivity contribution in [1.29, 1.82) is 0 Å². The normalized spacial score (nSPS) is 20.1. The van der Waals surface area contributed by atoms with E-state index in [1.165, 1.54) is 35.0 Å². The molecule has 0 spiro atoms. The van der Waals surface area contributed by atoms with Crippen LogP contribution in [0.25, 0.3) is 0 Å². The van der Waals surface area contributed by atoms with Gasteiger partial charge in [0.1, 0.15) is 11.6 Å². The van der Waals surface area contributed by atoms with E-state index in [0.717, 1.165) is 0 Å². The SMILES string of the molecule is CCC1S/C(=N\N=C\c2ccco2)N(c2ccc(F)cc2)C1=O. The Morgan fingerprint density at radius 3 is 2.78 bits per heavy atom. The molecule has 1 unspecified atom stereocenters. The summed E-state index contributed by atoms with van der Waals surface area (Å²) in [6.07, 6.45) is 3.70. The third kappa shape index (κ3) is 3.34. The highest BCUT2D eigenvalue weighted by molar-refractivity contribution is 8.16. The molecule has 0 saturated carbocycles. The molecule has 0 radical (unpaired) electrons.